The van der Waals surface area contributed by atoms with E-state index in [0.29, 0.717) is 11.3 Å². The summed E-state index contributed by atoms with van der Waals surface area (Å²) in [7, 11) is 0. The molecule has 0 saturated carbocycles. The van der Waals surface area contributed by atoms with Gasteiger partial charge in [0.15, 0.2) is 11.6 Å². The average molecular weight is 340 g/mol. The molecule has 2 rings (SSSR count). The molecular formula is C14H11BrFNOS. The van der Waals surface area contributed by atoms with E-state index < -0.39 is 5.82 Å². The van der Waals surface area contributed by atoms with E-state index in [2.05, 4.69) is 15.9 Å². The third kappa shape index (κ3) is 3.30. The van der Waals surface area contributed by atoms with Crippen LogP contribution in [0, 0.1) is 12.7 Å². The van der Waals surface area contributed by atoms with Gasteiger partial charge < -0.3 is 10.5 Å². The maximum absolute atomic E-state index is 13.9. The molecule has 0 saturated heterocycles. The molecule has 0 aliphatic rings. The standard InChI is InChI=1S/C14H11BrFNOS/c1-8-2-4-12(10(15)6-8)18-13-5-3-9(14(17)19)7-11(13)16/h2-7H,1H3,(H2,17,19). The van der Waals surface area contributed by atoms with Gasteiger partial charge in [-0.3, -0.25) is 0 Å². The van der Waals surface area contributed by atoms with Crippen LogP contribution in [0.25, 0.3) is 0 Å². The van der Waals surface area contributed by atoms with Gasteiger partial charge in [0.05, 0.1) is 4.47 Å². The number of hydrogen-bond acceptors (Lipinski definition) is 2. The van der Waals surface area contributed by atoms with Gasteiger partial charge in [0.1, 0.15) is 10.7 Å². The fourth-order valence-electron chi connectivity index (χ4n) is 1.54. The van der Waals surface area contributed by atoms with Crippen LogP contribution in [-0.2, 0) is 0 Å². The van der Waals surface area contributed by atoms with Crippen LogP contribution in [0.4, 0.5) is 4.39 Å². The largest absolute Gasteiger partial charge is 0.453 e. The Bertz CT molecular complexity index is 645. The zero-order valence-electron chi connectivity index (χ0n) is 10.1. The van der Waals surface area contributed by atoms with Crippen molar-refractivity contribution in [2.75, 3.05) is 0 Å². The van der Waals surface area contributed by atoms with Crippen molar-refractivity contribution < 1.29 is 9.13 Å². The second kappa shape index (κ2) is 5.67. The summed E-state index contributed by atoms with van der Waals surface area (Å²) >= 11 is 8.17. The molecule has 0 unspecified atom stereocenters. The van der Waals surface area contributed by atoms with Crippen molar-refractivity contribution in [3.05, 3.63) is 57.8 Å². The van der Waals surface area contributed by atoms with Gasteiger partial charge in [-0.2, -0.15) is 0 Å². The van der Waals surface area contributed by atoms with E-state index in [4.69, 9.17) is 22.7 Å². The second-order valence-electron chi connectivity index (χ2n) is 4.05. The smallest absolute Gasteiger partial charge is 0.166 e. The van der Waals surface area contributed by atoms with Crippen LogP contribution in [0.15, 0.2) is 40.9 Å². The number of nitrogens with two attached hydrogens (primary N) is 1. The van der Waals surface area contributed by atoms with Crippen LogP contribution >= 0.6 is 28.1 Å². The van der Waals surface area contributed by atoms with Crippen LogP contribution in [0.2, 0.25) is 0 Å². The Morgan fingerprint density at radius 1 is 1.21 bits per heavy atom. The summed E-state index contributed by atoms with van der Waals surface area (Å²) in [6.45, 7) is 1.96. The first-order valence-electron chi connectivity index (χ1n) is 5.51. The Kier molecular flexibility index (Phi) is 4.17. The quantitative estimate of drug-likeness (QED) is 0.845. The highest BCUT2D eigenvalue weighted by Crippen LogP contribution is 2.31. The first-order valence-corrected chi connectivity index (χ1v) is 6.71. The van der Waals surface area contributed by atoms with Gasteiger partial charge in [-0.15, -0.1) is 0 Å². The van der Waals surface area contributed by atoms with Gasteiger partial charge in [-0.25, -0.2) is 4.39 Å². The highest BCUT2D eigenvalue weighted by Gasteiger charge is 2.09. The highest BCUT2D eigenvalue weighted by atomic mass is 79.9. The fourth-order valence-corrected chi connectivity index (χ4v) is 2.25. The van der Waals surface area contributed by atoms with Gasteiger partial charge in [0.2, 0.25) is 0 Å². The Labute approximate surface area is 124 Å². The number of ether oxygens (including phenoxy) is 1. The fraction of sp³-hybridized carbons (Fsp3) is 0.0714. The molecule has 5 heteroatoms. The molecule has 0 aliphatic heterocycles. The average Bonchev–Trinajstić information content (AvgIpc) is 2.34. The number of aryl methyl sites for hydroxylation is 1. The van der Waals surface area contributed by atoms with Crippen molar-refractivity contribution in [1.82, 2.24) is 0 Å². The normalized spacial score (nSPS) is 10.3. The van der Waals surface area contributed by atoms with Crippen LogP contribution in [-0.4, -0.2) is 4.99 Å². The lowest BCUT2D eigenvalue weighted by atomic mass is 10.2. The lowest BCUT2D eigenvalue weighted by molar-refractivity contribution is 0.440. The van der Waals surface area contributed by atoms with Gasteiger partial charge in [0, 0.05) is 5.56 Å². The van der Waals surface area contributed by atoms with Gasteiger partial charge in [0.25, 0.3) is 0 Å². The van der Waals surface area contributed by atoms with Crippen molar-refractivity contribution in [2.45, 2.75) is 6.92 Å². The second-order valence-corrected chi connectivity index (χ2v) is 5.34. The third-order valence-corrected chi connectivity index (χ3v) is 3.38. The number of hydrogen-bond donors (Lipinski definition) is 1. The topological polar surface area (TPSA) is 35.2 Å². The van der Waals surface area contributed by atoms with Crippen molar-refractivity contribution in [3.8, 4) is 11.5 Å². The van der Waals surface area contributed by atoms with E-state index in [1.165, 1.54) is 12.1 Å². The van der Waals surface area contributed by atoms with E-state index in [-0.39, 0.29) is 10.7 Å². The Morgan fingerprint density at radius 3 is 2.47 bits per heavy atom. The molecule has 0 spiro atoms. The lowest BCUT2D eigenvalue weighted by Gasteiger charge is -2.10. The van der Waals surface area contributed by atoms with Gasteiger partial charge in [-0.1, -0.05) is 18.3 Å². The summed E-state index contributed by atoms with van der Waals surface area (Å²) in [6, 6.07) is 9.97. The van der Waals surface area contributed by atoms with E-state index in [1.807, 2.05) is 19.1 Å². The van der Waals surface area contributed by atoms with Crippen LogP contribution in [0.1, 0.15) is 11.1 Å². The molecule has 2 nitrogen and oxygen atoms in total. The summed E-state index contributed by atoms with van der Waals surface area (Å²) in [6.07, 6.45) is 0. The molecule has 2 N–H and O–H groups in total. The van der Waals surface area contributed by atoms with Crippen molar-refractivity contribution in [1.29, 1.82) is 0 Å². The lowest BCUT2D eigenvalue weighted by Crippen LogP contribution is -2.09. The Hall–Kier alpha value is -1.46. The molecule has 0 fully saturated rings. The van der Waals surface area contributed by atoms with Gasteiger partial charge >= 0.3 is 0 Å². The summed E-state index contributed by atoms with van der Waals surface area (Å²) < 4.78 is 20.1. The molecule has 98 valence electrons. The first-order chi connectivity index (χ1) is 8.97. The zero-order valence-corrected chi connectivity index (χ0v) is 12.5. The maximum Gasteiger partial charge on any atom is 0.166 e. The monoisotopic (exact) mass is 339 g/mol. The summed E-state index contributed by atoms with van der Waals surface area (Å²) in [5.41, 5.74) is 7.00. The Balaban J connectivity index is 2.31. The van der Waals surface area contributed by atoms with E-state index >= 15 is 0 Å². The number of halogens is 2. The minimum atomic E-state index is -0.502. The molecule has 2 aromatic rings. The maximum atomic E-state index is 13.9. The summed E-state index contributed by atoms with van der Waals surface area (Å²) in [5.74, 6) is 0.176. The Morgan fingerprint density at radius 2 is 1.89 bits per heavy atom. The first kappa shape index (κ1) is 14.0. The third-order valence-electron chi connectivity index (χ3n) is 2.52. The number of rotatable bonds is 3. The van der Waals surface area contributed by atoms with Crippen LogP contribution < -0.4 is 10.5 Å². The predicted octanol–water partition coefficient (Wildman–Crippen LogP) is 4.32. The van der Waals surface area contributed by atoms with E-state index in [9.17, 15) is 4.39 Å². The number of benzene rings is 2. The zero-order chi connectivity index (χ0) is 14.0. The molecular weight excluding hydrogens is 329 g/mol. The van der Waals surface area contributed by atoms with Crippen molar-refractivity contribution in [2.24, 2.45) is 5.73 Å². The predicted molar refractivity (Wildman–Crippen MR) is 81.2 cm³/mol. The van der Waals surface area contributed by atoms with Crippen LogP contribution in [0.5, 0.6) is 11.5 Å². The van der Waals surface area contributed by atoms with Gasteiger partial charge in [-0.05, 0) is 58.7 Å². The van der Waals surface area contributed by atoms with Crippen molar-refractivity contribution >= 4 is 33.1 Å². The van der Waals surface area contributed by atoms with Crippen LogP contribution in [0.3, 0.4) is 0 Å². The molecule has 0 atom stereocenters. The van der Waals surface area contributed by atoms with Crippen molar-refractivity contribution in [3.63, 3.8) is 0 Å². The summed E-state index contributed by atoms with van der Waals surface area (Å²) in [4.78, 5) is 0.155. The molecule has 0 amide bonds. The molecule has 0 aliphatic carbocycles. The molecule has 0 heterocycles. The molecule has 0 bridgehead atoms. The minimum Gasteiger partial charge on any atom is -0.453 e. The SMILES string of the molecule is Cc1ccc(Oc2ccc(C(N)=S)cc2F)c(Br)c1. The molecule has 0 aromatic heterocycles. The minimum absolute atomic E-state index is 0.129. The molecule has 0 radical (unpaired) electrons. The highest BCUT2D eigenvalue weighted by molar-refractivity contribution is 9.10. The molecule has 19 heavy (non-hydrogen) atoms. The summed E-state index contributed by atoms with van der Waals surface area (Å²) in [5, 5.41) is 0. The van der Waals surface area contributed by atoms with E-state index in [1.54, 1.807) is 12.1 Å². The number of thiocarbonyl (C=S) groups is 1. The molecule has 2 aromatic carbocycles. The van der Waals surface area contributed by atoms with E-state index in [0.717, 1.165) is 10.0 Å².